The van der Waals surface area contributed by atoms with Crippen LogP contribution in [0.2, 0.25) is 0 Å². The number of hydrogen-bond donors (Lipinski definition) is 3. The van der Waals surface area contributed by atoms with Gasteiger partial charge >= 0.3 is 6.18 Å². The van der Waals surface area contributed by atoms with Gasteiger partial charge in [0.1, 0.15) is 11.8 Å². The SMILES string of the molecule is CC(O)CNC(=O)C(C)N=CC(=CN)c1cnn2c(-c3cccc(CC(=O)CCC(F)(F)F)c3)cnc2c1. The first-order chi connectivity index (χ1) is 18.0. The van der Waals surface area contributed by atoms with E-state index in [-0.39, 0.29) is 18.9 Å². The highest BCUT2D eigenvalue weighted by Crippen LogP contribution is 2.25. The monoisotopic (exact) mass is 530 g/mol. The van der Waals surface area contributed by atoms with Crippen molar-refractivity contribution in [2.24, 2.45) is 10.7 Å². The summed E-state index contributed by atoms with van der Waals surface area (Å²) in [6, 6.07) is 7.97. The average molecular weight is 531 g/mol. The molecule has 0 fully saturated rings. The van der Waals surface area contributed by atoms with Crippen molar-refractivity contribution >= 4 is 29.1 Å². The van der Waals surface area contributed by atoms with Crippen molar-refractivity contribution in [3.05, 3.63) is 60.1 Å². The van der Waals surface area contributed by atoms with Crippen LogP contribution < -0.4 is 11.1 Å². The normalized spacial score (nSPS) is 14.1. The molecule has 12 heteroatoms. The van der Waals surface area contributed by atoms with Crippen LogP contribution in [0.25, 0.3) is 22.5 Å². The predicted octanol–water partition coefficient (Wildman–Crippen LogP) is 3.11. The Bertz CT molecular complexity index is 1350. The number of aliphatic imine (C=N–C) groups is 1. The number of fused-ring (bicyclic) bond motifs is 1. The lowest BCUT2D eigenvalue weighted by Gasteiger charge is -2.10. The van der Waals surface area contributed by atoms with Crippen LogP contribution in [0.3, 0.4) is 0 Å². The van der Waals surface area contributed by atoms with Crippen LogP contribution in [0.4, 0.5) is 13.2 Å². The highest BCUT2D eigenvalue weighted by atomic mass is 19.4. The van der Waals surface area contributed by atoms with Gasteiger partial charge < -0.3 is 16.2 Å². The zero-order chi connectivity index (χ0) is 27.9. The summed E-state index contributed by atoms with van der Waals surface area (Å²) in [7, 11) is 0. The zero-order valence-corrected chi connectivity index (χ0v) is 20.9. The van der Waals surface area contributed by atoms with E-state index in [0.717, 1.165) is 0 Å². The molecule has 202 valence electrons. The Balaban J connectivity index is 1.75. The number of halogens is 3. The van der Waals surface area contributed by atoms with Gasteiger partial charge in [0.25, 0.3) is 0 Å². The number of hydrogen-bond acceptors (Lipinski definition) is 7. The molecular weight excluding hydrogens is 501 g/mol. The molecule has 1 aromatic carbocycles. The van der Waals surface area contributed by atoms with Crippen LogP contribution in [0, 0.1) is 0 Å². The van der Waals surface area contributed by atoms with Crippen molar-refractivity contribution < 1.29 is 27.9 Å². The molecule has 9 nitrogen and oxygen atoms in total. The van der Waals surface area contributed by atoms with Gasteiger partial charge in [0.2, 0.25) is 5.91 Å². The fourth-order valence-corrected chi connectivity index (χ4v) is 3.54. The van der Waals surface area contributed by atoms with Gasteiger partial charge in [0.05, 0.1) is 30.6 Å². The molecule has 0 aliphatic rings. The molecule has 3 aromatic rings. The minimum absolute atomic E-state index is 0.0995. The summed E-state index contributed by atoms with van der Waals surface area (Å²) in [6.07, 6.45) is -0.864. The van der Waals surface area contributed by atoms with Gasteiger partial charge in [0.15, 0.2) is 5.65 Å². The number of carbonyl (C=O) groups excluding carboxylic acids is 2. The molecule has 1 amide bonds. The topological polar surface area (TPSA) is 135 Å². The van der Waals surface area contributed by atoms with Crippen molar-refractivity contribution in [2.75, 3.05) is 6.54 Å². The molecule has 0 radical (unpaired) electrons. The van der Waals surface area contributed by atoms with Crippen LogP contribution in [-0.4, -0.2) is 62.5 Å². The van der Waals surface area contributed by atoms with E-state index in [2.05, 4.69) is 20.4 Å². The summed E-state index contributed by atoms with van der Waals surface area (Å²) in [5.74, 6) is -0.827. The van der Waals surface area contributed by atoms with Crippen LogP contribution in [0.1, 0.15) is 37.8 Å². The molecule has 38 heavy (non-hydrogen) atoms. The second-order valence-corrected chi connectivity index (χ2v) is 8.86. The molecule has 2 unspecified atom stereocenters. The highest BCUT2D eigenvalue weighted by Gasteiger charge is 2.27. The number of nitrogens with zero attached hydrogens (tertiary/aromatic N) is 4. The lowest BCUT2D eigenvalue weighted by molar-refractivity contribution is -0.143. The number of alkyl halides is 3. The van der Waals surface area contributed by atoms with Crippen LogP contribution in [0.5, 0.6) is 0 Å². The van der Waals surface area contributed by atoms with Crippen molar-refractivity contribution in [3.63, 3.8) is 0 Å². The number of amides is 1. The largest absolute Gasteiger partial charge is 0.404 e. The summed E-state index contributed by atoms with van der Waals surface area (Å²) in [4.78, 5) is 32.7. The molecule has 0 spiro atoms. The number of nitrogens with two attached hydrogens (primary N) is 1. The molecule has 0 aliphatic heterocycles. The van der Waals surface area contributed by atoms with Gasteiger partial charge in [-0.05, 0) is 31.5 Å². The fourth-order valence-electron chi connectivity index (χ4n) is 3.54. The molecule has 0 saturated heterocycles. The molecule has 2 atom stereocenters. The van der Waals surface area contributed by atoms with Gasteiger partial charge in [-0.25, -0.2) is 9.50 Å². The summed E-state index contributed by atoms with van der Waals surface area (Å²) < 4.78 is 38.8. The Morgan fingerprint density at radius 2 is 2.00 bits per heavy atom. The Hall–Kier alpha value is -4.06. The number of benzene rings is 1. The number of aliphatic hydroxyl groups excluding tert-OH is 1. The molecule has 0 saturated carbocycles. The van der Waals surface area contributed by atoms with E-state index >= 15 is 0 Å². The summed E-state index contributed by atoms with van der Waals surface area (Å²) in [5, 5.41) is 16.3. The molecule has 3 rings (SSSR count). The van der Waals surface area contributed by atoms with E-state index in [1.54, 1.807) is 61.1 Å². The van der Waals surface area contributed by atoms with E-state index in [1.807, 2.05) is 0 Å². The van der Waals surface area contributed by atoms with Gasteiger partial charge in [-0.15, -0.1) is 0 Å². The lowest BCUT2D eigenvalue weighted by atomic mass is 10.0. The summed E-state index contributed by atoms with van der Waals surface area (Å²) in [5.41, 5.74) is 9.33. The minimum Gasteiger partial charge on any atom is -0.404 e. The van der Waals surface area contributed by atoms with Crippen molar-refractivity contribution in [1.29, 1.82) is 0 Å². The number of allylic oxidation sites excluding steroid dienone is 1. The second-order valence-electron chi connectivity index (χ2n) is 8.86. The first kappa shape index (κ1) is 28.5. The average Bonchev–Trinajstić information content (AvgIpc) is 3.29. The van der Waals surface area contributed by atoms with E-state index < -0.39 is 36.9 Å². The number of ketones is 1. The van der Waals surface area contributed by atoms with E-state index in [1.165, 1.54) is 12.4 Å². The molecule has 0 aliphatic carbocycles. The number of carbonyl (C=O) groups is 2. The fraction of sp³-hybridized carbons (Fsp3) is 0.346. The van der Waals surface area contributed by atoms with Crippen molar-refractivity contribution in [3.8, 4) is 11.3 Å². The van der Waals surface area contributed by atoms with E-state index in [0.29, 0.717) is 33.6 Å². The maximum absolute atomic E-state index is 12.4. The van der Waals surface area contributed by atoms with Gasteiger partial charge in [0, 0.05) is 48.5 Å². The maximum atomic E-state index is 12.4. The third kappa shape index (κ3) is 7.97. The molecule has 0 bridgehead atoms. The Morgan fingerprint density at radius 3 is 2.68 bits per heavy atom. The Kier molecular flexibility index (Phi) is 9.35. The van der Waals surface area contributed by atoms with Gasteiger partial charge in [-0.3, -0.25) is 14.6 Å². The van der Waals surface area contributed by atoms with E-state index in [4.69, 9.17) is 5.73 Å². The Morgan fingerprint density at radius 1 is 1.24 bits per heavy atom. The summed E-state index contributed by atoms with van der Waals surface area (Å²) >= 11 is 0. The molecule has 2 aromatic heterocycles. The smallest absolute Gasteiger partial charge is 0.389 e. The van der Waals surface area contributed by atoms with Gasteiger partial charge in [-0.1, -0.05) is 18.2 Å². The number of imidazole rings is 1. The molecule has 4 N–H and O–H groups in total. The number of rotatable bonds is 11. The number of Topliss-reactive ketones (excluding diaryl/α,β-unsaturated/α-hetero) is 1. The number of aromatic nitrogens is 3. The molecular formula is C26H29F3N6O3. The first-order valence-corrected chi connectivity index (χ1v) is 11.9. The lowest BCUT2D eigenvalue weighted by Crippen LogP contribution is -2.36. The summed E-state index contributed by atoms with van der Waals surface area (Å²) in [6.45, 7) is 3.30. The standard InChI is InChI=1S/C26H29F3N6O3/c1-16(36)12-33-25(38)17(2)31-13-21(11-30)20-10-24-32-15-23(35(24)34-14-20)19-5-3-4-18(8-19)9-22(37)6-7-26(27,28)29/h3-5,8,10-11,13-17,36H,6-7,9,12,30H2,1-2H3,(H,33,38). The maximum Gasteiger partial charge on any atom is 0.389 e. The van der Waals surface area contributed by atoms with Crippen molar-refractivity contribution in [2.45, 2.75) is 51.4 Å². The van der Waals surface area contributed by atoms with Crippen LogP contribution in [-0.2, 0) is 16.0 Å². The second kappa shape index (κ2) is 12.5. The number of nitrogens with one attached hydrogen (secondary N) is 1. The predicted molar refractivity (Wildman–Crippen MR) is 137 cm³/mol. The first-order valence-electron chi connectivity index (χ1n) is 11.9. The highest BCUT2D eigenvalue weighted by molar-refractivity contribution is 6.10. The van der Waals surface area contributed by atoms with Gasteiger partial charge in [-0.2, -0.15) is 18.3 Å². The quantitative estimate of drug-likeness (QED) is 0.326. The van der Waals surface area contributed by atoms with Crippen LogP contribution >= 0.6 is 0 Å². The molecule has 2 heterocycles. The van der Waals surface area contributed by atoms with Crippen LogP contribution in [0.15, 0.2) is 53.9 Å². The Labute approximate surface area is 217 Å². The third-order valence-corrected chi connectivity index (χ3v) is 5.57. The third-order valence-electron chi connectivity index (χ3n) is 5.57. The van der Waals surface area contributed by atoms with Crippen molar-refractivity contribution in [1.82, 2.24) is 19.9 Å². The number of aliphatic hydroxyl groups is 1. The zero-order valence-electron chi connectivity index (χ0n) is 20.9. The minimum atomic E-state index is -4.37. The van der Waals surface area contributed by atoms with E-state index in [9.17, 15) is 27.9 Å².